The van der Waals surface area contributed by atoms with Crippen molar-refractivity contribution >= 4 is 239 Å². The SMILES string of the molecule is Brc1cccc2ccccc12.Cl.Cl.NC(N)=NNC(=S)Nc1ccc(C2CC2)c2ccccc12.NN=C(N)N.Nc1ccc(C2CC2)c2ccccc12.Nc1n[nH]c(=S)n1-c1ccc(C2CC2)c2ccccc12.O=C(O)C(=O)O.O=[N+]([O-])O.O=[N+]([O-])c1ccc(C2CC2)c2ccccc12.S=C=Nc1ccc(C2CC2)c2ccccc12.[2H]CF.[Br-].[CH-]1CC1.[Mg+2].[Na+].[OH-].c1ccc2c(C3CC3)cccc2c1. The van der Waals surface area contributed by atoms with Crippen molar-refractivity contribution in [2.45, 2.75) is 125 Å². The van der Waals surface area contributed by atoms with Crippen LogP contribution in [0, 0.1) is 31.4 Å². The number of nitrogens with one attached hydrogen (secondary N) is 3. The molecular weight excluding hydrogens is 1990 g/mol. The van der Waals surface area contributed by atoms with E-state index in [1.807, 2.05) is 66.7 Å². The molecule has 7 fully saturated rings. The predicted octanol–water partition coefficient (Wildman–Crippen LogP) is 17.2. The Hall–Kier alpha value is -11.6. The first-order chi connectivity index (χ1) is 63.8. The molecule has 7 saturated carbocycles. The number of nitro benzene ring substituents is 1. The number of hydrogen-bond donors (Lipinski definition) is 13. The summed E-state index contributed by atoms with van der Waals surface area (Å²) in [7, 11) is -1.00. The van der Waals surface area contributed by atoms with E-state index >= 15 is 0 Å². The minimum Gasteiger partial charge on any atom is -1.00 e. The fourth-order valence-electron chi connectivity index (χ4n) is 14.9. The van der Waals surface area contributed by atoms with E-state index in [1.165, 1.54) is 177 Å². The molecule has 0 atom stereocenters. The number of aliphatic carboxylic acids is 2. The maximum absolute atomic E-state index is 10.9. The molecule has 37 heteroatoms. The Kier molecular flexibility index (Phi) is 48.0. The smallest absolute Gasteiger partial charge is 1.00 e. The number of nitrogens with two attached hydrogens (primary N) is 7. The van der Waals surface area contributed by atoms with Crippen LogP contribution in [0.15, 0.2) is 287 Å². The van der Waals surface area contributed by atoms with Crippen LogP contribution in [0.4, 0.5) is 33.1 Å². The van der Waals surface area contributed by atoms with Crippen LogP contribution in [0.1, 0.15) is 160 Å². The summed E-state index contributed by atoms with van der Waals surface area (Å²) in [5, 5.41) is 75.7. The van der Waals surface area contributed by atoms with Gasteiger partial charge in [-0.05, 0) is 267 Å². The van der Waals surface area contributed by atoms with Gasteiger partial charge < -0.3 is 89.9 Å². The van der Waals surface area contributed by atoms with Crippen molar-refractivity contribution in [2.75, 3.05) is 23.9 Å². The maximum Gasteiger partial charge on any atom is 2.00 e. The molecule has 0 unspecified atom stereocenters. The molecule has 27 nitrogen and oxygen atoms in total. The monoisotopic (exact) mass is 2090 g/mol. The Balaban J connectivity index is 0.000000274. The number of rotatable bonds is 11. The van der Waals surface area contributed by atoms with Crippen LogP contribution in [-0.2, 0) is 9.59 Å². The summed E-state index contributed by atoms with van der Waals surface area (Å²) in [6.45, 7) is 0. The van der Waals surface area contributed by atoms with E-state index in [0.717, 1.165) is 61.1 Å². The number of aromatic amines is 1. The third kappa shape index (κ3) is 34.5. The molecule has 22 rings (SSSR count). The van der Waals surface area contributed by atoms with Gasteiger partial charge in [-0.2, -0.15) is 4.99 Å². The third-order valence-electron chi connectivity index (χ3n) is 21.9. The molecule has 1 aromatic heterocycles. The number of aromatic nitrogens is 3. The van der Waals surface area contributed by atoms with E-state index in [0.29, 0.717) is 33.6 Å². The average molecular weight is 2100 g/mol. The van der Waals surface area contributed by atoms with Gasteiger partial charge in [0.2, 0.25) is 22.6 Å². The number of guanidine groups is 2. The van der Waals surface area contributed by atoms with Crippen molar-refractivity contribution in [3.63, 3.8) is 0 Å². The molecule has 21 N–H and O–H groups in total. The molecule has 15 aromatic rings. The number of isothiocyanates is 1. The number of benzene rings is 14. The summed E-state index contributed by atoms with van der Waals surface area (Å²) >= 11 is 18.6. The zero-order valence-electron chi connectivity index (χ0n) is 75.8. The molecule has 7 aliphatic rings. The average Bonchev–Trinajstić information content (AvgIpc) is 1.58. The van der Waals surface area contributed by atoms with Crippen molar-refractivity contribution in [2.24, 2.45) is 44.0 Å². The summed E-state index contributed by atoms with van der Waals surface area (Å²) in [4.78, 5) is 41.3. The van der Waals surface area contributed by atoms with Gasteiger partial charge in [-0.25, -0.2) is 27.5 Å². The summed E-state index contributed by atoms with van der Waals surface area (Å²) < 4.78 is 19.0. The summed E-state index contributed by atoms with van der Waals surface area (Å²) in [6.07, 6.45) is 20.6. The number of carboxylic acids is 2. The molecule has 14 aromatic carbocycles. The number of nitrogens with zero attached hydrogens (tertiary/aromatic N) is 7. The van der Waals surface area contributed by atoms with Crippen LogP contribution in [0.5, 0.6) is 0 Å². The van der Waals surface area contributed by atoms with Crippen molar-refractivity contribution < 1.29 is 92.8 Å². The molecule has 0 radical (unpaired) electrons. The fourth-order valence-corrected chi connectivity index (χ4v) is 15.9. The minimum absolute atomic E-state index is 0. The Morgan fingerprint density at radius 2 is 0.869 bits per heavy atom. The van der Waals surface area contributed by atoms with E-state index in [4.69, 9.17) is 95.3 Å². The van der Waals surface area contributed by atoms with Gasteiger partial charge in [0.1, 0.15) is 0 Å². The third-order valence-corrected chi connectivity index (χ3v) is 23.1. The van der Waals surface area contributed by atoms with Gasteiger partial charge in [0.25, 0.3) is 10.8 Å². The number of nitro groups is 1. The molecule has 0 bridgehead atoms. The minimum atomic E-state index is -1.82. The number of hydrazone groups is 2. The van der Waals surface area contributed by atoms with Crippen LogP contribution >= 0.6 is 77.4 Å². The van der Waals surface area contributed by atoms with Gasteiger partial charge in [0.05, 0.1) is 35.4 Å². The van der Waals surface area contributed by atoms with Crippen molar-refractivity contribution in [3.8, 4) is 5.69 Å². The summed E-state index contributed by atoms with van der Waals surface area (Å²) in [5.74, 6) is 5.53. The van der Waals surface area contributed by atoms with Crippen LogP contribution < -0.4 is 97.5 Å². The molecular formula is C100H105Br2Cl2FMgN17NaO10S3. The number of carbonyl (C=O) groups is 2. The molecule has 0 aliphatic heterocycles. The van der Waals surface area contributed by atoms with E-state index in [2.05, 4.69) is 276 Å². The number of alkyl halides is 1. The number of nitrogen functional groups attached to an aromatic ring is 2. The maximum atomic E-state index is 10.9. The number of halogens is 5. The molecule has 0 spiro atoms. The number of fused-ring (bicyclic) bond motifs is 7. The van der Waals surface area contributed by atoms with Crippen molar-refractivity contribution in [1.82, 2.24) is 20.2 Å². The standard InChI is InChI=1S/C15H17N5S.C15H14N4S.C14H11NS.C13H11NO2.C13H13N.C13H12.C10H7Br.C3H5.C2H2O4.CH3F.CH6N4.BrH.2ClH.Mg.HNO3.Na.H2O/c16-14(17)19-20-15(21)18-13-8-7-10(9-5-6-9)11-3-1-2-4-12(11)13;16-14-17-18-15(20)19(14)13-8-7-10(9-5-6-9)11-3-1-2-4-12(11)13;16-9-15-14-8-7-11(10-5-6-10)12-3-1-2-4-13(12)14;15-14(16)13-8-7-10(9-5-6-9)11-3-1-2-4-12(11)13;14-13-8-7-10(9-5-6-9)11-3-1-2-4-12(11)13;1-2-6-12-10(4-1)5-3-7-13(12)11-8-9-11;11-10-7-3-5-8-4-1-2-6-9(8)10;1-2-3-1;3-1(4)2(5)6;1-2;2-1(3)5-4;;;;;2-1(3)4;;/h1-4,7-9H,5-6H2,(H4,16,17,19)(H2,18,20,21);1-4,7-9H,5-6H2,(H2,16,17)(H,18,20);1-4,7-8,10H,5-6H2;1-4,7-9H,5-6H2;1-4,7-9H,5-6,14H2;1-7,11H,8-9H2;1-7H;1H,2-3H2;(H,3,4)(H,5,6);1H3;4H2,(H4,2,3,5);3*1H;;(H,2,3,4);;1H2/q;;;;;;;-1;;;;;;;+2;;+1;/p-2/i;;;;;;;;;1D;;;;;;;;. The molecule has 0 amide bonds. The molecule has 7 aliphatic carbocycles. The van der Waals surface area contributed by atoms with E-state index in [-0.39, 0.29) is 122 Å². The summed E-state index contributed by atoms with van der Waals surface area (Å²) in [6, 6.07) is 91.6. The fraction of sp³-hybridized carbons (Fsp3) is 0.210. The molecule has 706 valence electrons. The van der Waals surface area contributed by atoms with Gasteiger partial charge in [-0.3, -0.25) is 24.5 Å². The van der Waals surface area contributed by atoms with Gasteiger partial charge >= 0.3 is 64.5 Å². The number of carboxylic acid groups (broad SMARTS) is 2. The van der Waals surface area contributed by atoms with Gasteiger partial charge in [0, 0.05) is 43.5 Å². The van der Waals surface area contributed by atoms with Crippen LogP contribution in [0.25, 0.3) is 81.1 Å². The normalized spacial score (nSPS) is 13.2. The van der Waals surface area contributed by atoms with Crippen molar-refractivity contribution in [3.05, 3.63) is 336 Å². The zero-order valence-corrected chi connectivity index (χ0v) is 85.5. The first-order valence-electron chi connectivity index (χ1n) is 43.0. The number of thiocarbonyl (C=S) groups is 2. The second-order valence-corrected chi connectivity index (χ2v) is 33.3. The predicted molar refractivity (Wildman–Crippen MR) is 562 cm³/mol. The quantitative estimate of drug-likeness (QED) is 0.00546. The Morgan fingerprint density at radius 1 is 0.533 bits per heavy atom. The van der Waals surface area contributed by atoms with Crippen molar-refractivity contribution in [1.29, 1.82) is 0 Å². The first-order valence-corrected chi connectivity index (χ1v) is 44.4. The molecule has 137 heavy (non-hydrogen) atoms. The number of anilines is 3. The van der Waals surface area contributed by atoms with Crippen LogP contribution in [-0.4, -0.2) is 110 Å². The van der Waals surface area contributed by atoms with Gasteiger partial charge in [0.15, 0.2) is 5.11 Å². The van der Waals surface area contributed by atoms with Crippen LogP contribution in [0.2, 0.25) is 0 Å². The second-order valence-electron chi connectivity index (χ2n) is 31.4. The van der Waals surface area contributed by atoms with Crippen LogP contribution in [0.3, 0.4) is 0 Å². The van der Waals surface area contributed by atoms with E-state index in [9.17, 15) is 14.5 Å². The molecule has 1 heterocycles. The Labute approximate surface area is 878 Å². The van der Waals surface area contributed by atoms with Gasteiger partial charge in [-0.1, -0.05) is 240 Å². The topological polar surface area (TPSA) is 488 Å². The Morgan fingerprint density at radius 3 is 1.28 bits per heavy atom. The zero-order chi connectivity index (χ0) is 94.3. The number of non-ortho nitro benzene ring substituents is 1. The largest absolute Gasteiger partial charge is 2.00 e. The van der Waals surface area contributed by atoms with E-state index < -0.39 is 24.2 Å². The first kappa shape index (κ1) is 114. The molecule has 0 saturated heterocycles. The number of aliphatic imine (C=N–C) groups is 1. The number of hydrogen-bond acceptors (Lipinski definition) is 17. The van der Waals surface area contributed by atoms with Gasteiger partial charge in [-0.15, -0.1) is 50.2 Å². The summed E-state index contributed by atoms with van der Waals surface area (Å²) in [5.41, 5.74) is 47.0. The second kappa shape index (κ2) is 57.6. The Bertz CT molecular complexity index is 6690. The number of H-pyrrole nitrogens is 1. The van der Waals surface area contributed by atoms with E-state index in [1.54, 1.807) is 16.2 Å².